The summed E-state index contributed by atoms with van der Waals surface area (Å²) < 4.78 is 6.48. The van der Waals surface area contributed by atoms with Crippen LogP contribution in [0.2, 0.25) is 0 Å². The van der Waals surface area contributed by atoms with E-state index >= 15 is 0 Å². The highest BCUT2D eigenvalue weighted by atomic mass is 16.5. The lowest BCUT2D eigenvalue weighted by Gasteiger charge is -1.95. The van der Waals surface area contributed by atoms with E-state index in [2.05, 4.69) is 10.4 Å². The van der Waals surface area contributed by atoms with Crippen molar-refractivity contribution in [2.45, 2.75) is 0 Å². The number of rotatable bonds is 3. The van der Waals surface area contributed by atoms with Crippen molar-refractivity contribution in [1.82, 2.24) is 9.78 Å². The van der Waals surface area contributed by atoms with E-state index in [1.54, 1.807) is 13.1 Å². The number of carbonyl (C=O) groups excluding carboxylic acids is 1. The van der Waals surface area contributed by atoms with Crippen LogP contribution in [0.4, 0.5) is 5.82 Å². The van der Waals surface area contributed by atoms with Crippen LogP contribution in [0.25, 0.3) is 0 Å². The van der Waals surface area contributed by atoms with Crippen LogP contribution in [0.5, 0.6) is 5.88 Å². The molecule has 3 N–H and O–H groups in total. The summed E-state index contributed by atoms with van der Waals surface area (Å²) in [6.45, 7) is -0.0567. The molecule has 6 heteroatoms. The van der Waals surface area contributed by atoms with Gasteiger partial charge in [0.1, 0.15) is 0 Å². The molecule has 0 aliphatic rings. The lowest BCUT2D eigenvalue weighted by Crippen LogP contribution is -2.22. The summed E-state index contributed by atoms with van der Waals surface area (Å²) in [7, 11) is 3.25. The Morgan fingerprint density at radius 2 is 2.54 bits per heavy atom. The first-order valence-corrected chi connectivity index (χ1v) is 3.75. The van der Waals surface area contributed by atoms with Gasteiger partial charge in [0.15, 0.2) is 5.82 Å². The van der Waals surface area contributed by atoms with Gasteiger partial charge in [0.2, 0.25) is 11.8 Å². The van der Waals surface area contributed by atoms with Gasteiger partial charge in [0, 0.05) is 13.1 Å². The molecule has 0 fully saturated rings. The minimum absolute atomic E-state index is 0.0567. The van der Waals surface area contributed by atoms with Gasteiger partial charge >= 0.3 is 0 Å². The predicted molar refractivity (Wildman–Crippen MR) is 47.4 cm³/mol. The molecule has 0 aliphatic carbocycles. The molecule has 1 aromatic heterocycles. The number of ether oxygens (including phenoxy) is 1. The molecular formula is C7H12N4O2. The molecule has 0 aliphatic heterocycles. The number of nitrogens with two attached hydrogens (primary N) is 1. The number of anilines is 1. The van der Waals surface area contributed by atoms with E-state index < -0.39 is 0 Å². The number of hydrogen-bond acceptors (Lipinski definition) is 4. The molecule has 1 amide bonds. The zero-order valence-electron chi connectivity index (χ0n) is 7.57. The highest BCUT2D eigenvalue weighted by Crippen LogP contribution is 2.14. The van der Waals surface area contributed by atoms with Crippen molar-refractivity contribution < 1.29 is 9.53 Å². The average molecular weight is 184 g/mol. The fourth-order valence-corrected chi connectivity index (χ4v) is 0.896. The molecule has 0 spiro atoms. The largest absolute Gasteiger partial charge is 0.481 e. The maximum atomic E-state index is 10.9. The second-order valence-electron chi connectivity index (χ2n) is 2.45. The summed E-state index contributed by atoms with van der Waals surface area (Å²) >= 11 is 0. The van der Waals surface area contributed by atoms with Gasteiger partial charge in [-0.3, -0.25) is 4.79 Å². The number of methoxy groups -OCH3 is 1. The third-order valence-electron chi connectivity index (χ3n) is 1.50. The van der Waals surface area contributed by atoms with E-state index in [1.165, 1.54) is 11.8 Å². The lowest BCUT2D eigenvalue weighted by molar-refractivity contribution is -0.114. The van der Waals surface area contributed by atoms with Crippen molar-refractivity contribution in [2.75, 3.05) is 19.0 Å². The smallest absolute Gasteiger partial charge is 0.239 e. The second-order valence-corrected chi connectivity index (χ2v) is 2.45. The maximum absolute atomic E-state index is 10.9. The summed E-state index contributed by atoms with van der Waals surface area (Å²) in [6, 6.07) is 1.62. The molecule has 1 heterocycles. The van der Waals surface area contributed by atoms with E-state index in [1.807, 2.05) is 0 Å². The first-order chi connectivity index (χ1) is 6.17. The molecule has 1 rings (SSSR count). The van der Waals surface area contributed by atoms with Crippen molar-refractivity contribution in [3.8, 4) is 5.88 Å². The number of hydrogen-bond donors (Lipinski definition) is 2. The van der Waals surface area contributed by atoms with Crippen molar-refractivity contribution in [2.24, 2.45) is 12.8 Å². The summed E-state index contributed by atoms with van der Waals surface area (Å²) in [5, 5.41) is 6.48. The van der Waals surface area contributed by atoms with Crippen molar-refractivity contribution in [3.63, 3.8) is 0 Å². The van der Waals surface area contributed by atoms with E-state index in [0.29, 0.717) is 11.7 Å². The number of aryl methyl sites for hydroxylation is 1. The molecular weight excluding hydrogens is 172 g/mol. The van der Waals surface area contributed by atoms with Crippen LogP contribution < -0.4 is 15.8 Å². The van der Waals surface area contributed by atoms with Crippen LogP contribution in [-0.2, 0) is 11.8 Å². The summed E-state index contributed by atoms with van der Waals surface area (Å²) in [6.07, 6.45) is 0. The molecule has 0 radical (unpaired) electrons. The number of aromatic nitrogens is 2. The Kier molecular flexibility index (Phi) is 2.86. The Morgan fingerprint density at radius 1 is 1.85 bits per heavy atom. The predicted octanol–water partition coefficient (Wildman–Crippen LogP) is -0.674. The SMILES string of the molecule is COc1cc(NC(=O)CN)nn1C. The summed E-state index contributed by atoms with van der Waals surface area (Å²) in [4.78, 5) is 10.9. The molecule has 0 atom stereocenters. The van der Waals surface area contributed by atoms with Gasteiger partial charge in [-0.1, -0.05) is 0 Å². The molecule has 0 unspecified atom stereocenters. The van der Waals surface area contributed by atoms with Crippen LogP contribution in [0.15, 0.2) is 6.07 Å². The Balaban J connectivity index is 2.73. The zero-order valence-corrected chi connectivity index (χ0v) is 7.57. The van der Waals surface area contributed by atoms with Gasteiger partial charge in [-0.05, 0) is 0 Å². The number of nitrogens with zero attached hydrogens (tertiary/aromatic N) is 2. The second kappa shape index (κ2) is 3.90. The fourth-order valence-electron chi connectivity index (χ4n) is 0.896. The number of amides is 1. The number of nitrogens with one attached hydrogen (secondary N) is 1. The summed E-state index contributed by atoms with van der Waals surface area (Å²) in [5.41, 5.74) is 5.12. The van der Waals surface area contributed by atoms with Crippen LogP contribution >= 0.6 is 0 Å². The quantitative estimate of drug-likeness (QED) is 0.652. The zero-order chi connectivity index (χ0) is 9.84. The molecule has 0 aromatic carbocycles. The van der Waals surface area contributed by atoms with Crippen molar-refractivity contribution in [1.29, 1.82) is 0 Å². The first-order valence-electron chi connectivity index (χ1n) is 3.75. The Bertz CT molecular complexity index is 307. The molecule has 0 saturated heterocycles. The van der Waals surface area contributed by atoms with Gasteiger partial charge in [-0.25, -0.2) is 4.68 Å². The first kappa shape index (κ1) is 9.53. The lowest BCUT2D eigenvalue weighted by atomic mass is 10.5. The van der Waals surface area contributed by atoms with E-state index in [-0.39, 0.29) is 12.5 Å². The van der Waals surface area contributed by atoms with Crippen LogP contribution in [0.1, 0.15) is 0 Å². The molecule has 72 valence electrons. The normalized spacial score (nSPS) is 9.77. The molecule has 6 nitrogen and oxygen atoms in total. The topological polar surface area (TPSA) is 82.2 Å². The van der Waals surface area contributed by atoms with E-state index in [9.17, 15) is 4.79 Å². The molecule has 0 bridgehead atoms. The van der Waals surface area contributed by atoms with Crippen LogP contribution in [0, 0.1) is 0 Å². The Labute approximate surface area is 75.7 Å². The highest BCUT2D eigenvalue weighted by Gasteiger charge is 2.06. The minimum atomic E-state index is -0.277. The van der Waals surface area contributed by atoms with E-state index in [4.69, 9.17) is 10.5 Å². The van der Waals surface area contributed by atoms with Gasteiger partial charge < -0.3 is 15.8 Å². The van der Waals surface area contributed by atoms with Gasteiger partial charge in [-0.15, -0.1) is 0 Å². The molecule has 13 heavy (non-hydrogen) atoms. The highest BCUT2D eigenvalue weighted by molar-refractivity contribution is 5.91. The Morgan fingerprint density at radius 3 is 3.00 bits per heavy atom. The summed E-state index contributed by atoms with van der Waals surface area (Å²) in [5.74, 6) is 0.739. The minimum Gasteiger partial charge on any atom is -0.481 e. The maximum Gasteiger partial charge on any atom is 0.239 e. The number of carbonyl (C=O) groups is 1. The van der Waals surface area contributed by atoms with Crippen molar-refractivity contribution in [3.05, 3.63) is 6.07 Å². The van der Waals surface area contributed by atoms with Crippen LogP contribution in [0.3, 0.4) is 0 Å². The molecule has 0 saturated carbocycles. The third-order valence-corrected chi connectivity index (χ3v) is 1.50. The van der Waals surface area contributed by atoms with Gasteiger partial charge in [0.25, 0.3) is 0 Å². The Hall–Kier alpha value is -1.56. The standard InChI is InChI=1S/C7H12N4O2/c1-11-7(13-2)3-5(10-11)9-6(12)4-8/h3H,4,8H2,1-2H3,(H,9,10,12). The average Bonchev–Trinajstić information content (AvgIpc) is 2.46. The molecule has 1 aromatic rings. The monoisotopic (exact) mass is 184 g/mol. The van der Waals surface area contributed by atoms with Gasteiger partial charge in [0.05, 0.1) is 13.7 Å². The van der Waals surface area contributed by atoms with E-state index in [0.717, 1.165) is 0 Å². The third kappa shape index (κ3) is 2.19. The van der Waals surface area contributed by atoms with Crippen LogP contribution in [-0.4, -0.2) is 29.3 Å². The van der Waals surface area contributed by atoms with Gasteiger partial charge in [-0.2, -0.15) is 5.10 Å². The van der Waals surface area contributed by atoms with Crippen molar-refractivity contribution >= 4 is 11.7 Å². The fraction of sp³-hybridized carbons (Fsp3) is 0.429.